The summed E-state index contributed by atoms with van der Waals surface area (Å²) in [6.45, 7) is 4.17. The number of halogens is 2. The molecule has 6 nitrogen and oxygen atoms in total. The second-order valence-electron chi connectivity index (χ2n) is 7.34. The summed E-state index contributed by atoms with van der Waals surface area (Å²) in [6.07, 6.45) is 2.20. The van der Waals surface area contributed by atoms with Crippen LogP contribution in [0.2, 0.25) is 0 Å². The largest absolute Gasteiger partial charge is 0.486 e. The van der Waals surface area contributed by atoms with E-state index in [1.807, 2.05) is 18.2 Å². The average Bonchev–Trinajstić information content (AvgIpc) is 2.56. The van der Waals surface area contributed by atoms with Crippen LogP contribution in [-0.2, 0) is 11.3 Å². The standard InChI is InChI=1S/C20H26N4O2.2ClH/c1-13-5-3-4-6-18(13)26-16-10-24(11-16)20-9-17(14-7-15(21)8-14)22-19(23-20)12-25-2;;/h3-6,9,14-16H,7-8,10-12,21H2,1-2H3;2*1H. The minimum absolute atomic E-state index is 0. The molecule has 0 bridgehead atoms. The smallest absolute Gasteiger partial charge is 0.156 e. The van der Waals surface area contributed by atoms with E-state index in [1.165, 1.54) is 5.56 Å². The van der Waals surface area contributed by atoms with Gasteiger partial charge in [0.25, 0.3) is 0 Å². The molecule has 28 heavy (non-hydrogen) atoms. The van der Waals surface area contributed by atoms with Crippen LogP contribution in [0.3, 0.4) is 0 Å². The second kappa shape index (κ2) is 9.74. The van der Waals surface area contributed by atoms with Gasteiger partial charge < -0.3 is 20.1 Å². The van der Waals surface area contributed by atoms with Crippen LogP contribution in [0.25, 0.3) is 0 Å². The third-order valence-corrected chi connectivity index (χ3v) is 5.20. The molecule has 1 aliphatic heterocycles. The number of benzene rings is 1. The topological polar surface area (TPSA) is 73.5 Å². The maximum atomic E-state index is 6.11. The van der Waals surface area contributed by atoms with Crippen LogP contribution in [0.4, 0.5) is 5.82 Å². The van der Waals surface area contributed by atoms with Gasteiger partial charge in [-0.15, -0.1) is 24.8 Å². The lowest BCUT2D eigenvalue weighted by Crippen LogP contribution is -2.54. The fourth-order valence-corrected chi connectivity index (χ4v) is 3.54. The van der Waals surface area contributed by atoms with Gasteiger partial charge in [-0.1, -0.05) is 18.2 Å². The van der Waals surface area contributed by atoms with Gasteiger partial charge in [-0.05, 0) is 31.4 Å². The number of methoxy groups -OCH3 is 1. The van der Waals surface area contributed by atoms with Crippen LogP contribution in [0.1, 0.15) is 35.8 Å². The van der Waals surface area contributed by atoms with Crippen LogP contribution < -0.4 is 15.4 Å². The number of para-hydroxylation sites is 1. The highest BCUT2D eigenvalue weighted by atomic mass is 35.5. The fourth-order valence-electron chi connectivity index (χ4n) is 3.54. The lowest BCUT2D eigenvalue weighted by molar-refractivity contribution is 0.164. The summed E-state index contributed by atoms with van der Waals surface area (Å²) < 4.78 is 11.4. The summed E-state index contributed by atoms with van der Waals surface area (Å²) in [5, 5.41) is 0. The first-order valence-electron chi connectivity index (χ1n) is 9.22. The summed E-state index contributed by atoms with van der Waals surface area (Å²) in [5.41, 5.74) is 8.20. The maximum Gasteiger partial charge on any atom is 0.156 e. The van der Waals surface area contributed by atoms with Crippen molar-refractivity contribution in [3.05, 3.63) is 47.4 Å². The minimum Gasteiger partial charge on any atom is -0.486 e. The Bertz CT molecular complexity index is 781. The van der Waals surface area contributed by atoms with Gasteiger partial charge in [-0.2, -0.15) is 0 Å². The van der Waals surface area contributed by atoms with E-state index in [4.69, 9.17) is 15.2 Å². The number of aromatic nitrogens is 2. The monoisotopic (exact) mass is 426 g/mol. The highest BCUT2D eigenvalue weighted by molar-refractivity contribution is 5.85. The van der Waals surface area contributed by atoms with Crippen molar-refractivity contribution in [1.29, 1.82) is 0 Å². The average molecular weight is 427 g/mol. The molecule has 1 aliphatic carbocycles. The number of hydrogen-bond acceptors (Lipinski definition) is 6. The molecule has 2 heterocycles. The van der Waals surface area contributed by atoms with E-state index in [2.05, 4.69) is 33.9 Å². The van der Waals surface area contributed by atoms with Gasteiger partial charge in [-0.25, -0.2) is 9.97 Å². The molecule has 1 aromatic carbocycles. The zero-order chi connectivity index (χ0) is 18.1. The van der Waals surface area contributed by atoms with Crippen molar-refractivity contribution >= 4 is 30.6 Å². The highest BCUT2D eigenvalue weighted by Gasteiger charge is 2.33. The highest BCUT2D eigenvalue weighted by Crippen LogP contribution is 2.36. The molecule has 1 saturated heterocycles. The molecule has 1 saturated carbocycles. The Hall–Kier alpha value is -1.60. The number of ether oxygens (including phenoxy) is 2. The van der Waals surface area contributed by atoms with E-state index in [0.29, 0.717) is 18.6 Å². The predicted molar refractivity (Wildman–Crippen MR) is 115 cm³/mol. The normalized spacial score (nSPS) is 21.0. The van der Waals surface area contributed by atoms with Crippen molar-refractivity contribution < 1.29 is 9.47 Å². The van der Waals surface area contributed by atoms with Gasteiger partial charge in [0.05, 0.1) is 13.1 Å². The lowest BCUT2D eigenvalue weighted by atomic mass is 9.78. The third-order valence-electron chi connectivity index (χ3n) is 5.20. The van der Waals surface area contributed by atoms with Crippen molar-refractivity contribution in [1.82, 2.24) is 9.97 Å². The number of rotatable bonds is 6. The zero-order valence-corrected chi connectivity index (χ0v) is 17.8. The molecule has 0 spiro atoms. The third kappa shape index (κ3) is 4.87. The quantitative estimate of drug-likeness (QED) is 0.763. The van der Waals surface area contributed by atoms with Crippen LogP contribution in [0, 0.1) is 6.92 Å². The van der Waals surface area contributed by atoms with Gasteiger partial charge in [0.2, 0.25) is 0 Å². The SMILES string of the molecule is COCc1nc(C2CC(N)C2)cc(N2CC(Oc3ccccc3C)C2)n1.Cl.Cl. The zero-order valence-electron chi connectivity index (χ0n) is 16.2. The molecule has 2 aromatic rings. The van der Waals surface area contributed by atoms with Gasteiger partial charge in [-0.3, -0.25) is 0 Å². The first-order valence-corrected chi connectivity index (χ1v) is 9.22. The van der Waals surface area contributed by atoms with E-state index in [0.717, 1.165) is 49.0 Å². The molecule has 1 aromatic heterocycles. The van der Waals surface area contributed by atoms with Crippen LogP contribution in [0.5, 0.6) is 5.75 Å². The Labute approximate surface area is 178 Å². The Morgan fingerprint density at radius 3 is 2.50 bits per heavy atom. The summed E-state index contributed by atoms with van der Waals surface area (Å²) in [7, 11) is 1.67. The maximum absolute atomic E-state index is 6.11. The van der Waals surface area contributed by atoms with Crippen molar-refractivity contribution in [3.8, 4) is 5.75 Å². The summed E-state index contributed by atoms with van der Waals surface area (Å²) in [6, 6.07) is 10.6. The van der Waals surface area contributed by atoms with Crippen LogP contribution >= 0.6 is 24.8 Å². The number of nitrogens with zero attached hydrogens (tertiary/aromatic N) is 3. The number of anilines is 1. The Morgan fingerprint density at radius 2 is 1.86 bits per heavy atom. The van der Waals surface area contributed by atoms with E-state index in [9.17, 15) is 0 Å². The van der Waals surface area contributed by atoms with Gasteiger partial charge in [0.1, 0.15) is 24.3 Å². The minimum atomic E-state index is 0. The molecule has 2 N–H and O–H groups in total. The van der Waals surface area contributed by atoms with Crippen LogP contribution in [-0.4, -0.2) is 42.3 Å². The Balaban J connectivity index is 0.00000140. The van der Waals surface area contributed by atoms with Crippen molar-refractivity contribution in [3.63, 3.8) is 0 Å². The molecule has 2 aliphatic rings. The molecular formula is C20H28Cl2N4O2. The molecule has 0 amide bonds. The molecule has 154 valence electrons. The molecular weight excluding hydrogens is 399 g/mol. The van der Waals surface area contributed by atoms with E-state index < -0.39 is 0 Å². The van der Waals surface area contributed by atoms with Crippen molar-refractivity contribution in [2.75, 3.05) is 25.1 Å². The van der Waals surface area contributed by atoms with E-state index in [1.54, 1.807) is 7.11 Å². The van der Waals surface area contributed by atoms with Crippen LogP contribution in [0.15, 0.2) is 30.3 Å². The van der Waals surface area contributed by atoms with Crippen molar-refractivity contribution in [2.45, 2.75) is 44.4 Å². The summed E-state index contributed by atoms with van der Waals surface area (Å²) >= 11 is 0. The van der Waals surface area contributed by atoms with E-state index >= 15 is 0 Å². The molecule has 0 atom stereocenters. The van der Waals surface area contributed by atoms with Gasteiger partial charge in [0.15, 0.2) is 5.82 Å². The lowest BCUT2D eigenvalue weighted by Gasteiger charge is -2.40. The van der Waals surface area contributed by atoms with Gasteiger partial charge >= 0.3 is 0 Å². The van der Waals surface area contributed by atoms with Crippen molar-refractivity contribution in [2.24, 2.45) is 5.73 Å². The van der Waals surface area contributed by atoms with Gasteiger partial charge in [0, 0.05) is 30.8 Å². The molecule has 8 heteroatoms. The Kier molecular flexibility index (Phi) is 7.89. The molecule has 4 rings (SSSR count). The summed E-state index contributed by atoms with van der Waals surface area (Å²) in [5.74, 6) is 3.11. The molecule has 0 radical (unpaired) electrons. The second-order valence-corrected chi connectivity index (χ2v) is 7.34. The first kappa shape index (κ1) is 22.7. The summed E-state index contributed by atoms with van der Waals surface area (Å²) in [4.78, 5) is 11.6. The number of nitrogens with two attached hydrogens (primary N) is 1. The molecule has 0 unspecified atom stereocenters. The Morgan fingerprint density at radius 1 is 1.14 bits per heavy atom. The predicted octanol–water partition coefficient (Wildman–Crippen LogP) is 3.25. The number of hydrogen-bond donors (Lipinski definition) is 1. The van der Waals surface area contributed by atoms with E-state index in [-0.39, 0.29) is 30.9 Å². The molecule has 2 fully saturated rings. The fraction of sp³-hybridized carbons (Fsp3) is 0.500. The number of aryl methyl sites for hydroxylation is 1. The first-order chi connectivity index (χ1) is 12.6.